The SMILES string of the molecule is C[NH+](Cc1nc2sc(-c3ccccc3)cc2c(=O)[nH]1)[C@@H]1CCCc2ccccc21. The van der Waals surface area contributed by atoms with Crippen molar-refractivity contribution >= 4 is 21.6 Å². The zero-order chi connectivity index (χ0) is 19.8. The molecule has 2 atom stereocenters. The van der Waals surface area contributed by atoms with E-state index in [1.165, 1.54) is 35.3 Å². The van der Waals surface area contributed by atoms with Gasteiger partial charge in [0.15, 0.2) is 5.82 Å². The molecule has 0 spiro atoms. The summed E-state index contributed by atoms with van der Waals surface area (Å²) in [7, 11) is 2.21. The third kappa shape index (κ3) is 3.52. The molecule has 1 aliphatic rings. The van der Waals surface area contributed by atoms with E-state index in [2.05, 4.69) is 48.4 Å². The van der Waals surface area contributed by atoms with Gasteiger partial charge in [-0.15, -0.1) is 11.3 Å². The van der Waals surface area contributed by atoms with Crippen molar-refractivity contribution in [3.05, 3.63) is 88.0 Å². The van der Waals surface area contributed by atoms with Gasteiger partial charge in [0.25, 0.3) is 5.56 Å². The van der Waals surface area contributed by atoms with Crippen LogP contribution in [0.25, 0.3) is 20.7 Å². The van der Waals surface area contributed by atoms with Crippen LogP contribution in [0.3, 0.4) is 0 Å². The first-order valence-electron chi connectivity index (χ1n) is 10.2. The standard InChI is InChI=1S/C24H23N3OS/c1-27(20-13-7-11-16-8-5-6-12-18(16)20)15-22-25-23(28)19-14-21(29-24(19)26-22)17-9-3-2-4-10-17/h2-6,8-10,12,14,20H,7,11,13,15H2,1H3,(H,25,26,28)/p+1/t20-/m1/s1. The van der Waals surface area contributed by atoms with E-state index in [1.54, 1.807) is 11.3 Å². The predicted octanol–water partition coefficient (Wildman–Crippen LogP) is 3.74. The first kappa shape index (κ1) is 18.3. The molecule has 0 amide bonds. The summed E-state index contributed by atoms with van der Waals surface area (Å²) in [6, 6.07) is 21.3. The van der Waals surface area contributed by atoms with Crippen LogP contribution in [0.1, 0.15) is 35.8 Å². The van der Waals surface area contributed by atoms with Crippen molar-refractivity contribution in [2.24, 2.45) is 0 Å². The number of aromatic nitrogens is 2. The van der Waals surface area contributed by atoms with Crippen LogP contribution in [0.15, 0.2) is 65.5 Å². The molecule has 4 nitrogen and oxygen atoms in total. The lowest BCUT2D eigenvalue weighted by atomic mass is 9.87. The fourth-order valence-electron chi connectivity index (χ4n) is 4.46. The molecule has 0 aliphatic heterocycles. The van der Waals surface area contributed by atoms with E-state index in [0.717, 1.165) is 21.1 Å². The molecule has 2 aromatic heterocycles. The molecule has 0 bridgehead atoms. The molecular weight excluding hydrogens is 378 g/mol. The van der Waals surface area contributed by atoms with Gasteiger partial charge in [0.05, 0.1) is 12.4 Å². The first-order chi connectivity index (χ1) is 14.2. The van der Waals surface area contributed by atoms with Gasteiger partial charge in [-0.25, -0.2) is 4.98 Å². The lowest BCUT2D eigenvalue weighted by molar-refractivity contribution is -0.927. The fraction of sp³-hybridized carbons (Fsp3) is 0.250. The maximum Gasteiger partial charge on any atom is 0.259 e. The monoisotopic (exact) mass is 402 g/mol. The van der Waals surface area contributed by atoms with E-state index in [0.29, 0.717) is 18.0 Å². The largest absolute Gasteiger partial charge is 0.325 e. The zero-order valence-electron chi connectivity index (χ0n) is 16.4. The molecule has 2 aromatic carbocycles. The molecule has 0 saturated heterocycles. The normalized spacial score (nSPS) is 17.2. The maximum atomic E-state index is 12.7. The fourth-order valence-corrected chi connectivity index (χ4v) is 5.51. The third-order valence-corrected chi connectivity index (χ3v) is 7.00. The smallest absolute Gasteiger partial charge is 0.259 e. The molecular formula is C24H24N3OS+. The van der Waals surface area contributed by atoms with Gasteiger partial charge < -0.3 is 9.88 Å². The third-order valence-electron chi connectivity index (χ3n) is 5.92. The minimum absolute atomic E-state index is 0.0414. The average molecular weight is 403 g/mol. The molecule has 0 radical (unpaired) electrons. The van der Waals surface area contributed by atoms with Gasteiger partial charge in [-0.05, 0) is 30.0 Å². The highest BCUT2D eigenvalue weighted by atomic mass is 32.1. The Morgan fingerprint density at radius 3 is 2.79 bits per heavy atom. The number of hydrogen-bond donors (Lipinski definition) is 2. The van der Waals surface area contributed by atoms with Crippen LogP contribution in [0.2, 0.25) is 0 Å². The molecule has 2 N–H and O–H groups in total. The first-order valence-corrected chi connectivity index (χ1v) is 11.0. The minimum Gasteiger partial charge on any atom is -0.325 e. The molecule has 1 aliphatic carbocycles. The van der Waals surface area contributed by atoms with Gasteiger partial charge in [0.2, 0.25) is 0 Å². The zero-order valence-corrected chi connectivity index (χ0v) is 17.3. The number of fused-ring (bicyclic) bond motifs is 2. The van der Waals surface area contributed by atoms with Gasteiger partial charge in [0.1, 0.15) is 17.4 Å². The minimum atomic E-state index is -0.0414. The van der Waals surface area contributed by atoms with Crippen molar-refractivity contribution < 1.29 is 4.90 Å². The maximum absolute atomic E-state index is 12.7. The highest BCUT2D eigenvalue weighted by Gasteiger charge is 2.27. The van der Waals surface area contributed by atoms with Crippen molar-refractivity contribution in [2.45, 2.75) is 31.8 Å². The number of H-pyrrole nitrogens is 1. The second-order valence-corrected chi connectivity index (χ2v) is 8.91. The van der Waals surface area contributed by atoms with Crippen LogP contribution in [-0.4, -0.2) is 17.0 Å². The Morgan fingerprint density at radius 1 is 1.14 bits per heavy atom. The number of thiophene rings is 1. The predicted molar refractivity (Wildman–Crippen MR) is 118 cm³/mol. The number of nitrogens with zero attached hydrogens (tertiary/aromatic N) is 1. The Morgan fingerprint density at radius 2 is 1.93 bits per heavy atom. The highest BCUT2D eigenvalue weighted by molar-refractivity contribution is 7.21. The number of aryl methyl sites for hydroxylation is 1. The van der Waals surface area contributed by atoms with E-state index in [-0.39, 0.29) is 5.56 Å². The topological polar surface area (TPSA) is 50.2 Å². The van der Waals surface area contributed by atoms with Gasteiger partial charge in [-0.3, -0.25) is 4.79 Å². The molecule has 4 aromatic rings. The summed E-state index contributed by atoms with van der Waals surface area (Å²) in [6.07, 6.45) is 3.55. The van der Waals surface area contributed by atoms with Crippen LogP contribution in [0, 0.1) is 0 Å². The summed E-state index contributed by atoms with van der Waals surface area (Å²) in [5.41, 5.74) is 3.99. The summed E-state index contributed by atoms with van der Waals surface area (Å²) in [5.74, 6) is 0.768. The van der Waals surface area contributed by atoms with Crippen molar-refractivity contribution in [3.63, 3.8) is 0 Å². The lowest BCUT2D eigenvalue weighted by Gasteiger charge is -2.30. The summed E-state index contributed by atoms with van der Waals surface area (Å²) in [5, 5.41) is 0.679. The molecule has 146 valence electrons. The quantitative estimate of drug-likeness (QED) is 0.546. The van der Waals surface area contributed by atoms with E-state index >= 15 is 0 Å². The van der Waals surface area contributed by atoms with E-state index in [4.69, 9.17) is 4.98 Å². The number of aromatic amines is 1. The molecule has 2 heterocycles. The number of nitrogens with one attached hydrogen (secondary N) is 2. The Labute approximate surface area is 173 Å². The Kier molecular flexibility index (Phi) is 4.78. The van der Waals surface area contributed by atoms with Crippen LogP contribution >= 0.6 is 11.3 Å². The molecule has 5 rings (SSSR count). The van der Waals surface area contributed by atoms with Gasteiger partial charge in [-0.1, -0.05) is 54.6 Å². The highest BCUT2D eigenvalue weighted by Crippen LogP contribution is 2.31. The van der Waals surface area contributed by atoms with Crippen LogP contribution in [0.4, 0.5) is 0 Å². The molecule has 0 fully saturated rings. The summed E-state index contributed by atoms with van der Waals surface area (Å²) >= 11 is 1.59. The number of hydrogen-bond acceptors (Lipinski definition) is 3. The molecule has 29 heavy (non-hydrogen) atoms. The molecule has 5 heteroatoms. The van der Waals surface area contributed by atoms with Gasteiger partial charge in [-0.2, -0.15) is 0 Å². The van der Waals surface area contributed by atoms with E-state index in [9.17, 15) is 4.79 Å². The van der Waals surface area contributed by atoms with Crippen molar-refractivity contribution in [2.75, 3.05) is 7.05 Å². The second-order valence-electron chi connectivity index (χ2n) is 7.87. The molecule has 0 saturated carbocycles. The number of rotatable bonds is 4. The average Bonchev–Trinajstić information content (AvgIpc) is 3.19. The van der Waals surface area contributed by atoms with Gasteiger partial charge in [0, 0.05) is 16.9 Å². The Hall–Kier alpha value is -2.76. The van der Waals surface area contributed by atoms with Gasteiger partial charge >= 0.3 is 0 Å². The van der Waals surface area contributed by atoms with Crippen LogP contribution < -0.4 is 10.5 Å². The van der Waals surface area contributed by atoms with Crippen LogP contribution in [-0.2, 0) is 13.0 Å². The van der Waals surface area contributed by atoms with Crippen molar-refractivity contribution in [3.8, 4) is 10.4 Å². The Bertz CT molecular complexity index is 1210. The summed E-state index contributed by atoms with van der Waals surface area (Å²) < 4.78 is 0. The van der Waals surface area contributed by atoms with Crippen LogP contribution in [0.5, 0.6) is 0 Å². The van der Waals surface area contributed by atoms with Crippen molar-refractivity contribution in [1.29, 1.82) is 0 Å². The van der Waals surface area contributed by atoms with Crippen molar-refractivity contribution in [1.82, 2.24) is 9.97 Å². The van der Waals surface area contributed by atoms with E-state index in [1.807, 2.05) is 24.3 Å². The number of benzene rings is 2. The number of quaternary nitrogens is 1. The lowest BCUT2D eigenvalue weighted by Crippen LogP contribution is -3.08. The summed E-state index contributed by atoms with van der Waals surface area (Å²) in [6.45, 7) is 0.711. The second kappa shape index (κ2) is 7.58. The molecule has 1 unspecified atom stereocenters. The van der Waals surface area contributed by atoms with E-state index < -0.39 is 0 Å². The summed E-state index contributed by atoms with van der Waals surface area (Å²) in [4.78, 5) is 23.8. The Balaban J connectivity index is 1.45.